The van der Waals surface area contributed by atoms with Crippen LogP contribution in [0.4, 0.5) is 0 Å². The van der Waals surface area contributed by atoms with E-state index in [-0.39, 0.29) is 30.9 Å². The second-order valence-corrected chi connectivity index (χ2v) is 5.45. The van der Waals surface area contributed by atoms with Gasteiger partial charge in [0.05, 0.1) is 6.10 Å². The first-order valence-corrected chi connectivity index (χ1v) is 7.42. The number of piperazine rings is 1. The Labute approximate surface area is 141 Å². The van der Waals surface area contributed by atoms with Crippen molar-refractivity contribution in [3.63, 3.8) is 0 Å². The highest BCUT2D eigenvalue weighted by Crippen LogP contribution is 2.26. The molecule has 0 spiro atoms. The molecule has 2 rings (SSSR count). The zero-order valence-corrected chi connectivity index (χ0v) is 14.8. The maximum Gasteiger partial charge on any atom is 0.119 e. The summed E-state index contributed by atoms with van der Waals surface area (Å²) in [5, 5.41) is 3.41. The maximum absolute atomic E-state index is 5.70. The molecule has 1 aromatic rings. The molecule has 0 bridgehead atoms. The minimum atomic E-state index is 0. The van der Waals surface area contributed by atoms with Gasteiger partial charge in [-0.1, -0.05) is 19.1 Å². The number of nitrogens with one attached hydrogen (secondary N) is 1. The van der Waals surface area contributed by atoms with E-state index in [1.807, 2.05) is 0 Å². The molecule has 1 N–H and O–H groups in total. The lowest BCUT2D eigenvalue weighted by molar-refractivity contribution is 0.169. The van der Waals surface area contributed by atoms with Gasteiger partial charge < -0.3 is 10.1 Å². The lowest BCUT2D eigenvalue weighted by Crippen LogP contribution is -2.45. The van der Waals surface area contributed by atoms with Crippen molar-refractivity contribution in [2.24, 2.45) is 0 Å². The van der Waals surface area contributed by atoms with Crippen molar-refractivity contribution in [1.82, 2.24) is 10.2 Å². The van der Waals surface area contributed by atoms with E-state index < -0.39 is 0 Å². The largest absolute Gasteiger partial charge is 0.491 e. The van der Waals surface area contributed by atoms with Gasteiger partial charge >= 0.3 is 0 Å². The molecule has 0 saturated carbocycles. The van der Waals surface area contributed by atoms with Crippen LogP contribution in [0.1, 0.15) is 38.8 Å². The fourth-order valence-corrected chi connectivity index (χ4v) is 2.74. The molecule has 1 aromatic carbocycles. The van der Waals surface area contributed by atoms with Gasteiger partial charge in [-0.15, -0.1) is 24.8 Å². The van der Waals surface area contributed by atoms with E-state index in [1.165, 1.54) is 5.56 Å². The Morgan fingerprint density at radius 1 is 1.10 bits per heavy atom. The molecule has 0 amide bonds. The molecule has 122 valence electrons. The SMILES string of the molecule is CC[C@H](c1ccc(OC(C)C)cc1)N1CCNCC1.Cl.Cl. The van der Waals surface area contributed by atoms with Gasteiger partial charge in [0.25, 0.3) is 0 Å². The third-order valence-corrected chi connectivity index (χ3v) is 3.62. The zero-order chi connectivity index (χ0) is 13.7. The normalized spacial score (nSPS) is 16.8. The summed E-state index contributed by atoms with van der Waals surface area (Å²) in [7, 11) is 0. The van der Waals surface area contributed by atoms with Crippen molar-refractivity contribution in [1.29, 1.82) is 0 Å². The summed E-state index contributed by atoms with van der Waals surface area (Å²) < 4.78 is 5.70. The van der Waals surface area contributed by atoms with E-state index in [9.17, 15) is 0 Å². The smallest absolute Gasteiger partial charge is 0.119 e. The number of benzene rings is 1. The van der Waals surface area contributed by atoms with Crippen LogP contribution in [0.2, 0.25) is 0 Å². The van der Waals surface area contributed by atoms with Crippen molar-refractivity contribution in [2.45, 2.75) is 39.3 Å². The van der Waals surface area contributed by atoms with Crippen LogP contribution in [0.25, 0.3) is 0 Å². The van der Waals surface area contributed by atoms with Crippen LogP contribution < -0.4 is 10.1 Å². The van der Waals surface area contributed by atoms with Gasteiger partial charge in [-0.25, -0.2) is 0 Å². The van der Waals surface area contributed by atoms with Crippen LogP contribution in [0.3, 0.4) is 0 Å². The lowest BCUT2D eigenvalue weighted by atomic mass is 10.0. The van der Waals surface area contributed by atoms with Gasteiger partial charge in [-0.2, -0.15) is 0 Å². The van der Waals surface area contributed by atoms with Gasteiger partial charge in [0.1, 0.15) is 5.75 Å². The van der Waals surface area contributed by atoms with Crippen LogP contribution in [0.5, 0.6) is 5.75 Å². The van der Waals surface area contributed by atoms with Gasteiger partial charge in [0.2, 0.25) is 0 Å². The minimum absolute atomic E-state index is 0. The summed E-state index contributed by atoms with van der Waals surface area (Å²) in [5.74, 6) is 0.967. The van der Waals surface area contributed by atoms with Crippen molar-refractivity contribution >= 4 is 24.8 Å². The molecule has 3 nitrogen and oxygen atoms in total. The molecule has 0 aromatic heterocycles. The third kappa shape index (κ3) is 6.03. The monoisotopic (exact) mass is 334 g/mol. The molecule has 0 radical (unpaired) electrons. The number of hydrogen-bond donors (Lipinski definition) is 1. The molecule has 1 aliphatic heterocycles. The van der Waals surface area contributed by atoms with Crippen LogP contribution in [-0.2, 0) is 0 Å². The Morgan fingerprint density at radius 3 is 2.14 bits per heavy atom. The molecule has 1 aliphatic rings. The van der Waals surface area contributed by atoms with E-state index in [2.05, 4.69) is 55.3 Å². The standard InChI is InChI=1S/C16H26N2O.2ClH/c1-4-16(18-11-9-17-10-12-18)14-5-7-15(8-6-14)19-13(2)3;;/h5-8,13,16-17H,4,9-12H2,1-3H3;2*1H/t16-;;/m1../s1. The summed E-state index contributed by atoms with van der Waals surface area (Å²) in [6, 6.07) is 9.16. The Kier molecular flexibility index (Phi) is 10.0. The minimum Gasteiger partial charge on any atom is -0.491 e. The number of ether oxygens (including phenoxy) is 1. The Balaban J connectivity index is 0.00000200. The van der Waals surface area contributed by atoms with E-state index in [4.69, 9.17) is 4.74 Å². The highest BCUT2D eigenvalue weighted by atomic mass is 35.5. The molecule has 5 heteroatoms. The van der Waals surface area contributed by atoms with Crippen LogP contribution >= 0.6 is 24.8 Å². The number of halogens is 2. The molecule has 0 unspecified atom stereocenters. The van der Waals surface area contributed by atoms with Crippen LogP contribution in [0.15, 0.2) is 24.3 Å². The molecule has 1 heterocycles. The van der Waals surface area contributed by atoms with Gasteiger partial charge in [-0.3, -0.25) is 4.90 Å². The predicted octanol–water partition coefficient (Wildman–Crippen LogP) is 3.67. The highest BCUT2D eigenvalue weighted by Gasteiger charge is 2.20. The van der Waals surface area contributed by atoms with Gasteiger partial charge in [0.15, 0.2) is 0 Å². The summed E-state index contributed by atoms with van der Waals surface area (Å²) in [5.41, 5.74) is 1.40. The Morgan fingerprint density at radius 2 is 1.67 bits per heavy atom. The van der Waals surface area contributed by atoms with E-state index >= 15 is 0 Å². The number of hydrogen-bond acceptors (Lipinski definition) is 3. The molecule has 0 aliphatic carbocycles. The van der Waals surface area contributed by atoms with Gasteiger partial charge in [0, 0.05) is 32.2 Å². The van der Waals surface area contributed by atoms with Gasteiger partial charge in [-0.05, 0) is 38.0 Å². The van der Waals surface area contributed by atoms with Crippen molar-refractivity contribution in [2.75, 3.05) is 26.2 Å². The molecule has 21 heavy (non-hydrogen) atoms. The maximum atomic E-state index is 5.70. The summed E-state index contributed by atoms with van der Waals surface area (Å²) in [6.07, 6.45) is 1.39. The predicted molar refractivity (Wildman–Crippen MR) is 94.2 cm³/mol. The first-order valence-electron chi connectivity index (χ1n) is 7.42. The van der Waals surface area contributed by atoms with Crippen LogP contribution in [0, 0.1) is 0 Å². The highest BCUT2D eigenvalue weighted by molar-refractivity contribution is 5.85. The first-order chi connectivity index (χ1) is 9.20. The second kappa shape index (κ2) is 10.3. The van der Waals surface area contributed by atoms with E-state index in [1.54, 1.807) is 0 Å². The average Bonchev–Trinajstić information content (AvgIpc) is 2.42. The van der Waals surface area contributed by atoms with Crippen molar-refractivity contribution in [3.05, 3.63) is 29.8 Å². The number of nitrogens with zero attached hydrogens (tertiary/aromatic N) is 1. The summed E-state index contributed by atoms with van der Waals surface area (Å²) in [6.45, 7) is 10.9. The molecular formula is C16H28Cl2N2O. The topological polar surface area (TPSA) is 24.5 Å². The molecule has 1 saturated heterocycles. The summed E-state index contributed by atoms with van der Waals surface area (Å²) in [4.78, 5) is 2.58. The molecular weight excluding hydrogens is 307 g/mol. The van der Waals surface area contributed by atoms with E-state index in [0.717, 1.165) is 38.3 Å². The fraction of sp³-hybridized carbons (Fsp3) is 0.625. The third-order valence-electron chi connectivity index (χ3n) is 3.62. The second-order valence-electron chi connectivity index (χ2n) is 5.45. The zero-order valence-electron chi connectivity index (χ0n) is 13.2. The van der Waals surface area contributed by atoms with Crippen LogP contribution in [-0.4, -0.2) is 37.2 Å². The Bertz CT molecular complexity index is 378. The quantitative estimate of drug-likeness (QED) is 0.888. The molecule has 1 fully saturated rings. The van der Waals surface area contributed by atoms with Crippen molar-refractivity contribution in [3.8, 4) is 5.75 Å². The fourth-order valence-electron chi connectivity index (χ4n) is 2.74. The lowest BCUT2D eigenvalue weighted by Gasteiger charge is -2.34. The van der Waals surface area contributed by atoms with Crippen molar-refractivity contribution < 1.29 is 4.74 Å². The Hall–Kier alpha value is -0.480. The average molecular weight is 335 g/mol. The molecule has 1 atom stereocenters. The van der Waals surface area contributed by atoms with E-state index in [0.29, 0.717) is 6.04 Å². The number of rotatable bonds is 5. The first kappa shape index (κ1) is 20.5. The summed E-state index contributed by atoms with van der Waals surface area (Å²) >= 11 is 0.